The van der Waals surface area contributed by atoms with Crippen LogP contribution in [0.15, 0.2) is 60.9 Å². The third-order valence-electron chi connectivity index (χ3n) is 3.47. The highest BCUT2D eigenvalue weighted by Gasteiger charge is 2.10. The Morgan fingerprint density at radius 3 is 2.62 bits per heavy atom. The lowest BCUT2D eigenvalue weighted by Crippen LogP contribution is -2.02. The fourth-order valence-corrected chi connectivity index (χ4v) is 2.37. The molecule has 0 unspecified atom stereocenters. The van der Waals surface area contributed by atoms with Gasteiger partial charge in [0.15, 0.2) is 0 Å². The Morgan fingerprint density at radius 2 is 1.90 bits per heavy atom. The van der Waals surface area contributed by atoms with Crippen LogP contribution in [0.2, 0.25) is 0 Å². The van der Waals surface area contributed by atoms with E-state index in [9.17, 15) is 4.79 Å². The third kappa shape index (κ3) is 2.43. The van der Waals surface area contributed by atoms with Crippen molar-refractivity contribution in [1.29, 1.82) is 0 Å². The van der Waals surface area contributed by atoms with E-state index in [4.69, 9.17) is 5.11 Å². The Hall–Kier alpha value is -2.88. The van der Waals surface area contributed by atoms with Gasteiger partial charge in [0, 0.05) is 23.7 Å². The van der Waals surface area contributed by atoms with E-state index in [-0.39, 0.29) is 5.56 Å². The van der Waals surface area contributed by atoms with E-state index in [0.717, 1.165) is 16.8 Å². The molecule has 0 spiro atoms. The number of benzene rings is 1. The number of pyridine rings is 1. The summed E-state index contributed by atoms with van der Waals surface area (Å²) >= 11 is 0. The van der Waals surface area contributed by atoms with Gasteiger partial charge in [-0.1, -0.05) is 30.3 Å². The van der Waals surface area contributed by atoms with Crippen LogP contribution in [-0.4, -0.2) is 20.6 Å². The number of nitrogens with zero attached hydrogens (tertiary/aromatic N) is 2. The Balaban J connectivity index is 2.07. The van der Waals surface area contributed by atoms with E-state index in [2.05, 4.69) is 4.98 Å². The molecule has 0 saturated carbocycles. The lowest BCUT2D eigenvalue weighted by molar-refractivity contribution is 0.0696. The van der Waals surface area contributed by atoms with Gasteiger partial charge in [-0.15, -0.1) is 0 Å². The molecule has 0 aliphatic carbocycles. The SMILES string of the molecule is Cc1c(-c2ccccc2)ccn1-c1cc(C(=O)O)ccn1. The van der Waals surface area contributed by atoms with Gasteiger partial charge in [0.05, 0.1) is 5.56 Å². The second-order valence-electron chi connectivity index (χ2n) is 4.76. The molecule has 2 aromatic heterocycles. The van der Waals surface area contributed by atoms with Gasteiger partial charge < -0.3 is 9.67 Å². The molecule has 1 N–H and O–H groups in total. The van der Waals surface area contributed by atoms with Crippen molar-refractivity contribution >= 4 is 5.97 Å². The summed E-state index contributed by atoms with van der Waals surface area (Å²) < 4.78 is 1.90. The minimum absolute atomic E-state index is 0.231. The number of carbonyl (C=O) groups is 1. The van der Waals surface area contributed by atoms with Crippen LogP contribution in [0.3, 0.4) is 0 Å². The van der Waals surface area contributed by atoms with E-state index in [0.29, 0.717) is 5.82 Å². The lowest BCUT2D eigenvalue weighted by atomic mass is 10.1. The molecule has 0 atom stereocenters. The van der Waals surface area contributed by atoms with Crippen LogP contribution in [0.25, 0.3) is 16.9 Å². The number of hydrogen-bond acceptors (Lipinski definition) is 2. The van der Waals surface area contributed by atoms with Crippen LogP contribution in [-0.2, 0) is 0 Å². The van der Waals surface area contributed by atoms with Crippen LogP contribution < -0.4 is 0 Å². The first-order valence-corrected chi connectivity index (χ1v) is 6.60. The zero-order valence-electron chi connectivity index (χ0n) is 11.5. The van der Waals surface area contributed by atoms with Crippen molar-refractivity contribution in [3.05, 3.63) is 72.2 Å². The average molecular weight is 278 g/mol. The molecule has 0 amide bonds. The largest absolute Gasteiger partial charge is 0.478 e. The maximum atomic E-state index is 11.1. The number of carboxylic acid groups (broad SMARTS) is 1. The summed E-state index contributed by atoms with van der Waals surface area (Å²) in [7, 11) is 0. The fraction of sp³-hybridized carbons (Fsp3) is 0.0588. The molecule has 3 aromatic rings. The van der Waals surface area contributed by atoms with Crippen LogP contribution >= 0.6 is 0 Å². The standard InChI is InChI=1S/C17H14N2O2/c1-12-15(13-5-3-2-4-6-13)8-10-19(12)16-11-14(17(20)21)7-9-18-16/h2-11H,1H3,(H,20,21). The molecule has 0 fully saturated rings. The summed E-state index contributed by atoms with van der Waals surface area (Å²) in [5.41, 5.74) is 3.49. The van der Waals surface area contributed by atoms with Crippen molar-refractivity contribution in [1.82, 2.24) is 9.55 Å². The Bertz CT molecular complexity index is 792. The molecular weight excluding hydrogens is 264 g/mol. The van der Waals surface area contributed by atoms with Gasteiger partial charge >= 0.3 is 5.97 Å². The van der Waals surface area contributed by atoms with E-state index in [1.165, 1.54) is 12.3 Å². The van der Waals surface area contributed by atoms with Crippen molar-refractivity contribution < 1.29 is 9.90 Å². The number of rotatable bonds is 3. The highest BCUT2D eigenvalue weighted by atomic mass is 16.4. The lowest BCUT2D eigenvalue weighted by Gasteiger charge is -2.07. The number of aromatic carboxylic acids is 1. The summed E-state index contributed by atoms with van der Waals surface area (Å²) in [6.45, 7) is 2.00. The van der Waals surface area contributed by atoms with E-state index in [1.54, 1.807) is 6.07 Å². The quantitative estimate of drug-likeness (QED) is 0.797. The van der Waals surface area contributed by atoms with E-state index in [1.807, 2.05) is 54.1 Å². The summed E-state index contributed by atoms with van der Waals surface area (Å²) in [5.74, 6) is -0.346. The third-order valence-corrected chi connectivity index (χ3v) is 3.47. The summed E-state index contributed by atoms with van der Waals surface area (Å²) in [4.78, 5) is 15.3. The van der Waals surface area contributed by atoms with Crippen molar-refractivity contribution in [3.63, 3.8) is 0 Å². The average Bonchev–Trinajstić information content (AvgIpc) is 2.90. The van der Waals surface area contributed by atoms with Crippen LogP contribution in [0.5, 0.6) is 0 Å². The summed E-state index contributed by atoms with van der Waals surface area (Å²) in [5, 5.41) is 9.07. The number of aromatic nitrogens is 2. The van der Waals surface area contributed by atoms with Crippen LogP contribution in [0.1, 0.15) is 16.1 Å². The van der Waals surface area contributed by atoms with Gasteiger partial charge in [0.25, 0.3) is 0 Å². The zero-order chi connectivity index (χ0) is 14.8. The molecule has 0 aliphatic rings. The molecule has 2 heterocycles. The smallest absolute Gasteiger partial charge is 0.335 e. The van der Waals surface area contributed by atoms with Gasteiger partial charge in [0.2, 0.25) is 0 Å². The van der Waals surface area contributed by atoms with Crippen molar-refractivity contribution in [2.45, 2.75) is 6.92 Å². The van der Waals surface area contributed by atoms with Crippen molar-refractivity contribution in [3.8, 4) is 16.9 Å². The van der Waals surface area contributed by atoms with Gasteiger partial charge in [-0.05, 0) is 30.7 Å². The zero-order valence-corrected chi connectivity index (χ0v) is 11.5. The topological polar surface area (TPSA) is 55.1 Å². The Kier molecular flexibility index (Phi) is 3.28. The Labute approximate surface area is 122 Å². The van der Waals surface area contributed by atoms with Crippen molar-refractivity contribution in [2.24, 2.45) is 0 Å². The van der Waals surface area contributed by atoms with Gasteiger partial charge in [-0.3, -0.25) is 0 Å². The van der Waals surface area contributed by atoms with Crippen molar-refractivity contribution in [2.75, 3.05) is 0 Å². The summed E-state index contributed by atoms with van der Waals surface area (Å²) in [6, 6.07) is 15.1. The van der Waals surface area contributed by atoms with E-state index < -0.39 is 5.97 Å². The minimum atomic E-state index is -0.952. The van der Waals surface area contributed by atoms with Crippen LogP contribution in [0.4, 0.5) is 0 Å². The minimum Gasteiger partial charge on any atom is -0.478 e. The highest BCUT2D eigenvalue weighted by Crippen LogP contribution is 2.26. The molecule has 1 aromatic carbocycles. The highest BCUT2D eigenvalue weighted by molar-refractivity contribution is 5.88. The normalized spacial score (nSPS) is 10.5. The molecule has 0 saturated heterocycles. The molecule has 4 nitrogen and oxygen atoms in total. The second kappa shape index (κ2) is 5.25. The maximum absolute atomic E-state index is 11.1. The molecule has 0 bridgehead atoms. The first kappa shape index (κ1) is 13.1. The molecule has 3 rings (SSSR count). The monoisotopic (exact) mass is 278 g/mol. The van der Waals surface area contributed by atoms with Gasteiger partial charge in [-0.25, -0.2) is 9.78 Å². The predicted molar refractivity (Wildman–Crippen MR) is 80.7 cm³/mol. The van der Waals surface area contributed by atoms with Crippen LogP contribution in [0, 0.1) is 6.92 Å². The fourth-order valence-electron chi connectivity index (χ4n) is 2.37. The first-order valence-electron chi connectivity index (χ1n) is 6.60. The molecule has 0 aliphatic heterocycles. The number of carboxylic acids is 1. The molecule has 0 radical (unpaired) electrons. The maximum Gasteiger partial charge on any atom is 0.335 e. The van der Waals surface area contributed by atoms with Gasteiger partial charge in [-0.2, -0.15) is 0 Å². The molecule has 4 heteroatoms. The first-order chi connectivity index (χ1) is 10.2. The summed E-state index contributed by atoms with van der Waals surface area (Å²) in [6.07, 6.45) is 3.42. The Morgan fingerprint density at radius 1 is 1.14 bits per heavy atom. The predicted octanol–water partition coefficient (Wildman–Crippen LogP) is 3.55. The second-order valence-corrected chi connectivity index (χ2v) is 4.76. The molecule has 104 valence electrons. The van der Waals surface area contributed by atoms with E-state index >= 15 is 0 Å². The van der Waals surface area contributed by atoms with Gasteiger partial charge in [0.1, 0.15) is 5.82 Å². The molecular formula is C17H14N2O2. The number of hydrogen-bond donors (Lipinski definition) is 1. The molecule has 21 heavy (non-hydrogen) atoms.